The Labute approximate surface area is 134 Å². The molecule has 1 aromatic carbocycles. The van der Waals surface area contributed by atoms with Gasteiger partial charge in [-0.1, -0.05) is 48.6 Å². The maximum atomic E-state index is 2.56. The van der Waals surface area contributed by atoms with E-state index in [4.69, 9.17) is 0 Å². The zero-order valence-corrected chi connectivity index (χ0v) is 13.3. The predicted molar refractivity (Wildman–Crippen MR) is 92.2 cm³/mol. The summed E-state index contributed by atoms with van der Waals surface area (Å²) in [6.07, 6.45) is 16.5. The highest BCUT2D eigenvalue weighted by molar-refractivity contribution is 5.74. The van der Waals surface area contributed by atoms with Crippen LogP contribution < -0.4 is 0 Å². The van der Waals surface area contributed by atoms with Crippen LogP contribution in [0.1, 0.15) is 44.1 Å². The van der Waals surface area contributed by atoms with E-state index in [-0.39, 0.29) is 0 Å². The van der Waals surface area contributed by atoms with Crippen LogP contribution in [0.2, 0.25) is 0 Å². The first-order valence-corrected chi connectivity index (χ1v) is 9.30. The van der Waals surface area contributed by atoms with Crippen molar-refractivity contribution < 1.29 is 0 Å². The summed E-state index contributed by atoms with van der Waals surface area (Å²) >= 11 is 0. The van der Waals surface area contributed by atoms with Gasteiger partial charge in [0.15, 0.2) is 0 Å². The number of hydrogen-bond donors (Lipinski definition) is 0. The van der Waals surface area contributed by atoms with Crippen LogP contribution in [0.4, 0.5) is 0 Å². The number of allylic oxidation sites excluding steroid dienone is 4. The van der Waals surface area contributed by atoms with Crippen molar-refractivity contribution in [2.24, 2.45) is 35.5 Å². The molecule has 0 nitrogen and oxygen atoms in total. The van der Waals surface area contributed by atoms with Gasteiger partial charge in [-0.15, -0.1) is 0 Å². The Morgan fingerprint density at radius 1 is 0.773 bits per heavy atom. The molecule has 114 valence electrons. The topological polar surface area (TPSA) is 0 Å². The molecule has 6 rings (SSSR count). The lowest BCUT2D eigenvalue weighted by Gasteiger charge is -2.56. The maximum Gasteiger partial charge on any atom is -0.0162 e. The summed E-state index contributed by atoms with van der Waals surface area (Å²) in [7, 11) is 0. The van der Waals surface area contributed by atoms with Crippen molar-refractivity contribution in [3.8, 4) is 0 Å². The Morgan fingerprint density at radius 2 is 1.45 bits per heavy atom. The minimum absolute atomic E-state index is 0.822. The molecular weight excluding hydrogens is 264 g/mol. The van der Waals surface area contributed by atoms with E-state index < -0.39 is 0 Å². The van der Waals surface area contributed by atoms with Crippen LogP contribution in [-0.2, 0) is 0 Å². The van der Waals surface area contributed by atoms with Crippen molar-refractivity contribution in [2.45, 2.75) is 38.5 Å². The molecule has 1 unspecified atom stereocenters. The van der Waals surface area contributed by atoms with Gasteiger partial charge in [0.2, 0.25) is 0 Å². The second-order valence-electron chi connectivity index (χ2n) is 8.29. The van der Waals surface area contributed by atoms with Crippen LogP contribution in [-0.4, -0.2) is 0 Å². The smallest absolute Gasteiger partial charge is 0.0162 e. The van der Waals surface area contributed by atoms with Gasteiger partial charge in [0.1, 0.15) is 0 Å². The van der Waals surface area contributed by atoms with Gasteiger partial charge in [0.05, 0.1) is 0 Å². The largest absolute Gasteiger partial charge is 0.0802 e. The van der Waals surface area contributed by atoms with E-state index in [0.29, 0.717) is 0 Å². The van der Waals surface area contributed by atoms with Crippen molar-refractivity contribution in [3.63, 3.8) is 0 Å². The molecule has 5 aliphatic rings. The first-order valence-electron chi connectivity index (χ1n) is 9.30. The van der Waals surface area contributed by atoms with E-state index in [9.17, 15) is 0 Å². The van der Waals surface area contributed by atoms with Crippen LogP contribution in [0.25, 0.3) is 5.57 Å². The lowest BCUT2D eigenvalue weighted by molar-refractivity contribution is -0.0530. The third kappa shape index (κ3) is 2.11. The minimum atomic E-state index is 0.822. The van der Waals surface area contributed by atoms with Gasteiger partial charge in [-0.3, -0.25) is 0 Å². The van der Waals surface area contributed by atoms with Gasteiger partial charge in [-0.2, -0.15) is 0 Å². The van der Waals surface area contributed by atoms with Crippen LogP contribution in [0.5, 0.6) is 0 Å². The molecule has 4 fully saturated rings. The molecule has 4 saturated carbocycles. The molecule has 5 aliphatic carbocycles. The van der Waals surface area contributed by atoms with Crippen molar-refractivity contribution in [2.75, 3.05) is 0 Å². The second-order valence-corrected chi connectivity index (χ2v) is 8.29. The molecule has 0 N–H and O–H groups in total. The third-order valence-electron chi connectivity index (χ3n) is 7.03. The van der Waals surface area contributed by atoms with Gasteiger partial charge in [0.25, 0.3) is 0 Å². The Kier molecular flexibility index (Phi) is 3.06. The van der Waals surface area contributed by atoms with Crippen LogP contribution in [0, 0.1) is 35.5 Å². The second kappa shape index (κ2) is 5.11. The monoisotopic (exact) mass is 290 g/mol. The Hall–Kier alpha value is -1.30. The molecule has 0 spiro atoms. The number of benzene rings is 1. The Bertz CT molecular complexity index is 578. The molecule has 22 heavy (non-hydrogen) atoms. The van der Waals surface area contributed by atoms with Crippen LogP contribution >= 0.6 is 0 Å². The zero-order chi connectivity index (χ0) is 14.5. The first-order chi connectivity index (χ1) is 10.9. The highest BCUT2D eigenvalue weighted by Crippen LogP contribution is 2.59. The van der Waals surface area contributed by atoms with E-state index >= 15 is 0 Å². The standard InChI is InChI=1S/C22H26/c1-2-4-17(5-3-1)18-6-8-19(9-7-18)22-20-11-15-10-16(13-20)14-21(22)12-15/h1-8,15-16,19-22H,9-14H2. The molecule has 0 amide bonds. The first kappa shape index (κ1) is 13.2. The third-order valence-corrected chi connectivity index (χ3v) is 7.03. The highest BCUT2D eigenvalue weighted by Gasteiger charge is 2.49. The fourth-order valence-corrected chi connectivity index (χ4v) is 6.43. The molecule has 1 atom stereocenters. The molecule has 0 aromatic heterocycles. The Morgan fingerprint density at radius 3 is 2.05 bits per heavy atom. The average Bonchev–Trinajstić information content (AvgIpc) is 2.55. The predicted octanol–water partition coefficient (Wildman–Crippen LogP) is 5.72. The van der Waals surface area contributed by atoms with Crippen LogP contribution in [0.3, 0.4) is 0 Å². The van der Waals surface area contributed by atoms with Crippen molar-refractivity contribution in [1.29, 1.82) is 0 Å². The fourth-order valence-electron chi connectivity index (χ4n) is 6.43. The van der Waals surface area contributed by atoms with Gasteiger partial charge < -0.3 is 0 Å². The highest BCUT2D eigenvalue weighted by atomic mass is 14.5. The quantitative estimate of drug-likeness (QED) is 0.653. The molecule has 1 aromatic rings. The van der Waals surface area contributed by atoms with Crippen molar-refractivity contribution in [3.05, 3.63) is 54.1 Å². The van der Waals surface area contributed by atoms with E-state index in [1.165, 1.54) is 17.6 Å². The van der Waals surface area contributed by atoms with Crippen LogP contribution in [0.15, 0.2) is 48.6 Å². The van der Waals surface area contributed by atoms with Gasteiger partial charge >= 0.3 is 0 Å². The van der Waals surface area contributed by atoms with E-state index in [2.05, 4.69) is 48.6 Å². The lowest BCUT2D eigenvalue weighted by atomic mass is 9.49. The molecule has 0 saturated heterocycles. The summed E-state index contributed by atoms with van der Waals surface area (Å²) in [4.78, 5) is 0. The van der Waals surface area contributed by atoms with E-state index in [1.54, 1.807) is 32.1 Å². The maximum absolute atomic E-state index is 2.56. The summed E-state index contributed by atoms with van der Waals surface area (Å²) in [6, 6.07) is 10.9. The van der Waals surface area contributed by atoms with E-state index in [1.807, 2.05) is 0 Å². The van der Waals surface area contributed by atoms with E-state index in [0.717, 1.165) is 35.5 Å². The number of hydrogen-bond acceptors (Lipinski definition) is 0. The van der Waals surface area contributed by atoms with Crippen molar-refractivity contribution >= 4 is 5.57 Å². The molecular formula is C22H26. The molecule has 0 heteroatoms. The summed E-state index contributed by atoms with van der Waals surface area (Å²) < 4.78 is 0. The fraction of sp³-hybridized carbons (Fsp3) is 0.545. The van der Waals surface area contributed by atoms with Gasteiger partial charge in [0, 0.05) is 0 Å². The van der Waals surface area contributed by atoms with Crippen molar-refractivity contribution in [1.82, 2.24) is 0 Å². The Balaban J connectivity index is 1.35. The van der Waals surface area contributed by atoms with Gasteiger partial charge in [-0.05, 0) is 85.2 Å². The zero-order valence-electron chi connectivity index (χ0n) is 13.3. The summed E-state index contributed by atoms with van der Waals surface area (Å²) in [6.45, 7) is 0. The summed E-state index contributed by atoms with van der Waals surface area (Å²) in [5, 5.41) is 0. The normalized spacial score (nSPS) is 42.5. The summed E-state index contributed by atoms with van der Waals surface area (Å²) in [5.41, 5.74) is 2.81. The average molecular weight is 290 g/mol. The van der Waals surface area contributed by atoms with Gasteiger partial charge in [-0.25, -0.2) is 0 Å². The molecule has 0 aliphatic heterocycles. The lowest BCUT2D eigenvalue weighted by Crippen LogP contribution is -2.47. The molecule has 0 heterocycles. The minimum Gasteiger partial charge on any atom is -0.0802 e. The summed E-state index contributed by atoms with van der Waals surface area (Å²) in [5.74, 6) is 6.12. The molecule has 4 bridgehead atoms. The number of rotatable bonds is 2. The molecule has 0 radical (unpaired) electrons. The SMILES string of the molecule is C1=CC(C2C3CC4CC(C3)CC2C4)CC=C1c1ccccc1.